The van der Waals surface area contributed by atoms with Gasteiger partial charge in [0.2, 0.25) is 0 Å². The molecule has 0 atom stereocenters. The molecule has 0 amide bonds. The van der Waals surface area contributed by atoms with Crippen LogP contribution in [0.15, 0.2) is 59.9 Å². The smallest absolute Gasteiger partial charge is 0.193 e. The van der Waals surface area contributed by atoms with Crippen LogP contribution in [0, 0.1) is 20.8 Å². The van der Waals surface area contributed by atoms with E-state index in [4.69, 9.17) is 5.73 Å². The van der Waals surface area contributed by atoms with Crippen molar-refractivity contribution in [3.8, 4) is 0 Å². The van der Waals surface area contributed by atoms with Crippen LogP contribution in [0.5, 0.6) is 0 Å². The third-order valence-electron chi connectivity index (χ3n) is 4.48. The monoisotopic (exact) mass is 347 g/mol. The Balaban J connectivity index is 1.64. The van der Waals surface area contributed by atoms with E-state index in [9.17, 15) is 0 Å². The molecule has 1 heterocycles. The lowest BCUT2D eigenvalue weighted by molar-refractivity contribution is 0.760. The summed E-state index contributed by atoms with van der Waals surface area (Å²) >= 11 is 0. The number of aliphatic imine (C=N–C) groups is 1. The van der Waals surface area contributed by atoms with Crippen LogP contribution in [0.2, 0.25) is 0 Å². The fraction of sp³-hybridized carbons (Fsp3) is 0.238. The summed E-state index contributed by atoms with van der Waals surface area (Å²) in [7, 11) is 0. The summed E-state index contributed by atoms with van der Waals surface area (Å²) in [6, 6.07) is 14.6. The maximum Gasteiger partial charge on any atom is 0.193 e. The second kappa shape index (κ2) is 7.87. The Labute approximate surface area is 154 Å². The SMILES string of the molecule is Cc1ccc(NC(N)=NCc2cccc(Cn3ccnc3C)c2)cc1C. The average Bonchev–Trinajstić information content (AvgIpc) is 3.02. The number of imidazole rings is 1. The number of benzene rings is 2. The van der Waals surface area contributed by atoms with Crippen molar-refractivity contribution in [2.24, 2.45) is 10.7 Å². The van der Waals surface area contributed by atoms with Gasteiger partial charge in [-0.25, -0.2) is 9.98 Å². The van der Waals surface area contributed by atoms with E-state index in [0.717, 1.165) is 23.6 Å². The highest BCUT2D eigenvalue weighted by atomic mass is 15.1. The molecule has 5 heteroatoms. The van der Waals surface area contributed by atoms with Crippen LogP contribution in [0.25, 0.3) is 0 Å². The van der Waals surface area contributed by atoms with E-state index in [0.29, 0.717) is 12.5 Å². The highest BCUT2D eigenvalue weighted by molar-refractivity contribution is 5.92. The third kappa shape index (κ3) is 4.51. The van der Waals surface area contributed by atoms with Crippen molar-refractivity contribution in [1.82, 2.24) is 9.55 Å². The molecule has 0 aliphatic heterocycles. The van der Waals surface area contributed by atoms with Crippen LogP contribution in [0.4, 0.5) is 5.69 Å². The largest absolute Gasteiger partial charge is 0.370 e. The molecule has 0 spiro atoms. The summed E-state index contributed by atoms with van der Waals surface area (Å²) in [5.41, 5.74) is 11.8. The number of nitrogens with one attached hydrogen (secondary N) is 1. The third-order valence-corrected chi connectivity index (χ3v) is 4.48. The molecule has 0 fully saturated rings. The minimum atomic E-state index is 0.420. The molecule has 3 aromatic rings. The van der Waals surface area contributed by atoms with Gasteiger partial charge in [-0.1, -0.05) is 30.3 Å². The van der Waals surface area contributed by atoms with Gasteiger partial charge in [-0.3, -0.25) is 0 Å². The highest BCUT2D eigenvalue weighted by Gasteiger charge is 2.01. The number of anilines is 1. The number of aryl methyl sites for hydroxylation is 3. The Kier molecular flexibility index (Phi) is 5.37. The van der Waals surface area contributed by atoms with E-state index < -0.39 is 0 Å². The number of aromatic nitrogens is 2. The Morgan fingerprint density at radius 1 is 1.08 bits per heavy atom. The zero-order valence-corrected chi connectivity index (χ0v) is 15.5. The summed E-state index contributed by atoms with van der Waals surface area (Å²) < 4.78 is 2.12. The van der Waals surface area contributed by atoms with Gasteiger partial charge in [-0.15, -0.1) is 0 Å². The van der Waals surface area contributed by atoms with E-state index in [-0.39, 0.29) is 0 Å². The van der Waals surface area contributed by atoms with Crippen molar-refractivity contribution in [3.63, 3.8) is 0 Å². The molecule has 26 heavy (non-hydrogen) atoms. The second-order valence-corrected chi connectivity index (χ2v) is 6.55. The van der Waals surface area contributed by atoms with Crippen molar-refractivity contribution in [2.45, 2.75) is 33.9 Å². The molecule has 0 saturated carbocycles. The van der Waals surface area contributed by atoms with Crippen molar-refractivity contribution >= 4 is 11.6 Å². The molecule has 3 rings (SSSR count). The zero-order chi connectivity index (χ0) is 18.5. The molecule has 1 aromatic heterocycles. The lowest BCUT2D eigenvalue weighted by atomic mass is 10.1. The molecule has 134 valence electrons. The molecule has 5 nitrogen and oxygen atoms in total. The fourth-order valence-corrected chi connectivity index (χ4v) is 2.78. The van der Waals surface area contributed by atoms with Gasteiger partial charge in [0, 0.05) is 24.6 Å². The predicted molar refractivity (Wildman–Crippen MR) is 107 cm³/mol. The van der Waals surface area contributed by atoms with Crippen LogP contribution in [0.1, 0.15) is 28.1 Å². The Bertz CT molecular complexity index is 924. The number of rotatable bonds is 5. The maximum atomic E-state index is 6.04. The molecule has 0 saturated heterocycles. The normalized spacial score (nSPS) is 11.6. The van der Waals surface area contributed by atoms with Gasteiger partial charge in [0.15, 0.2) is 5.96 Å². The lowest BCUT2D eigenvalue weighted by Crippen LogP contribution is -2.22. The Hall–Kier alpha value is -3.08. The summed E-state index contributed by atoms with van der Waals surface area (Å²) in [6.07, 6.45) is 3.81. The first-order valence-electron chi connectivity index (χ1n) is 8.71. The topological polar surface area (TPSA) is 68.2 Å². The number of hydrogen-bond acceptors (Lipinski definition) is 2. The molecule has 0 aliphatic rings. The van der Waals surface area contributed by atoms with Gasteiger partial charge in [0.1, 0.15) is 5.82 Å². The van der Waals surface area contributed by atoms with E-state index in [1.54, 1.807) is 0 Å². The molecule has 0 unspecified atom stereocenters. The molecule has 2 aromatic carbocycles. The van der Waals surface area contributed by atoms with Gasteiger partial charge < -0.3 is 15.6 Å². The van der Waals surface area contributed by atoms with Crippen molar-refractivity contribution in [2.75, 3.05) is 5.32 Å². The Morgan fingerprint density at radius 3 is 2.62 bits per heavy atom. The molecular formula is C21H25N5. The van der Waals surface area contributed by atoms with Gasteiger partial charge >= 0.3 is 0 Å². The first-order valence-corrected chi connectivity index (χ1v) is 8.71. The number of nitrogens with zero attached hydrogens (tertiary/aromatic N) is 3. The number of guanidine groups is 1. The molecule has 0 bridgehead atoms. The van der Waals surface area contributed by atoms with Gasteiger partial charge in [0.05, 0.1) is 6.54 Å². The predicted octanol–water partition coefficient (Wildman–Crippen LogP) is 3.78. The van der Waals surface area contributed by atoms with Gasteiger partial charge in [-0.05, 0) is 55.2 Å². The average molecular weight is 347 g/mol. The van der Waals surface area contributed by atoms with Crippen LogP contribution in [-0.4, -0.2) is 15.5 Å². The molecule has 0 radical (unpaired) electrons. The maximum absolute atomic E-state index is 6.04. The van der Waals surface area contributed by atoms with E-state index in [1.807, 2.05) is 25.4 Å². The van der Waals surface area contributed by atoms with E-state index in [1.165, 1.54) is 16.7 Å². The van der Waals surface area contributed by atoms with Crippen LogP contribution < -0.4 is 11.1 Å². The summed E-state index contributed by atoms with van der Waals surface area (Å²) in [4.78, 5) is 8.72. The molecule has 0 aliphatic carbocycles. The van der Waals surface area contributed by atoms with Crippen molar-refractivity contribution in [1.29, 1.82) is 0 Å². The Morgan fingerprint density at radius 2 is 1.88 bits per heavy atom. The lowest BCUT2D eigenvalue weighted by Gasteiger charge is -2.09. The van der Waals surface area contributed by atoms with Crippen molar-refractivity contribution in [3.05, 3.63) is 82.9 Å². The second-order valence-electron chi connectivity index (χ2n) is 6.55. The number of hydrogen-bond donors (Lipinski definition) is 2. The quantitative estimate of drug-likeness (QED) is 0.545. The highest BCUT2D eigenvalue weighted by Crippen LogP contribution is 2.14. The summed E-state index contributed by atoms with van der Waals surface area (Å²) in [5, 5.41) is 3.15. The number of nitrogens with two attached hydrogens (primary N) is 1. The van der Waals surface area contributed by atoms with E-state index in [2.05, 4.69) is 70.1 Å². The first-order chi connectivity index (χ1) is 12.5. The zero-order valence-electron chi connectivity index (χ0n) is 15.5. The van der Waals surface area contributed by atoms with Crippen LogP contribution in [-0.2, 0) is 13.1 Å². The summed E-state index contributed by atoms with van der Waals surface area (Å²) in [6.45, 7) is 7.53. The minimum Gasteiger partial charge on any atom is -0.370 e. The molecular weight excluding hydrogens is 322 g/mol. The van der Waals surface area contributed by atoms with Gasteiger partial charge in [0.25, 0.3) is 0 Å². The molecule has 3 N–H and O–H groups in total. The van der Waals surface area contributed by atoms with E-state index >= 15 is 0 Å². The standard InChI is InChI=1S/C21H25N5/c1-15-7-8-20(11-16(15)2)25-21(22)24-13-18-5-4-6-19(12-18)14-26-10-9-23-17(26)3/h4-12H,13-14H2,1-3H3,(H3,22,24,25). The van der Waals surface area contributed by atoms with Crippen LogP contribution >= 0.6 is 0 Å². The summed E-state index contributed by atoms with van der Waals surface area (Å²) in [5.74, 6) is 1.43. The fourth-order valence-electron chi connectivity index (χ4n) is 2.78. The first kappa shape index (κ1) is 17.7. The minimum absolute atomic E-state index is 0.420. The van der Waals surface area contributed by atoms with Gasteiger partial charge in [-0.2, -0.15) is 0 Å². The van der Waals surface area contributed by atoms with Crippen LogP contribution in [0.3, 0.4) is 0 Å². The van der Waals surface area contributed by atoms with Crippen molar-refractivity contribution < 1.29 is 0 Å².